The summed E-state index contributed by atoms with van der Waals surface area (Å²) >= 11 is 0. The van der Waals surface area contributed by atoms with Gasteiger partial charge in [0.25, 0.3) is 5.91 Å². The molecule has 7 rings (SSSR count). The molecular weight excluding hydrogens is 428 g/mol. The lowest BCUT2D eigenvalue weighted by molar-refractivity contribution is 0.0727. The smallest absolute Gasteiger partial charge is 0.254 e. The molecule has 0 radical (unpaired) electrons. The number of ether oxygens (including phenoxy) is 1. The zero-order valence-corrected chi connectivity index (χ0v) is 19.7. The van der Waals surface area contributed by atoms with Crippen molar-refractivity contribution in [3.05, 3.63) is 42.1 Å². The molecule has 1 amide bonds. The quantitative estimate of drug-likeness (QED) is 0.466. The second-order valence-electron chi connectivity index (χ2n) is 10.0. The molecule has 1 N–H and O–H groups in total. The monoisotopic (exact) mass is 456 g/mol. The van der Waals surface area contributed by atoms with Crippen LogP contribution in [0.3, 0.4) is 0 Å². The number of methoxy groups -OCH3 is 1. The third kappa shape index (κ3) is 2.91. The molecule has 1 saturated carbocycles. The van der Waals surface area contributed by atoms with Crippen molar-refractivity contribution in [1.82, 2.24) is 29.3 Å². The fourth-order valence-electron chi connectivity index (χ4n) is 5.67. The van der Waals surface area contributed by atoms with E-state index in [0.717, 1.165) is 46.7 Å². The number of aromatic nitrogens is 4. The maximum absolute atomic E-state index is 13.4. The molecule has 0 spiro atoms. The van der Waals surface area contributed by atoms with Gasteiger partial charge in [0.1, 0.15) is 16.9 Å². The van der Waals surface area contributed by atoms with Gasteiger partial charge in [0, 0.05) is 55.4 Å². The van der Waals surface area contributed by atoms with Crippen LogP contribution >= 0.6 is 0 Å². The number of amides is 1. The van der Waals surface area contributed by atoms with Gasteiger partial charge in [0.2, 0.25) is 0 Å². The largest absolute Gasteiger partial charge is 0.494 e. The fourth-order valence-corrected chi connectivity index (χ4v) is 5.67. The van der Waals surface area contributed by atoms with Crippen LogP contribution in [-0.2, 0) is 13.6 Å². The van der Waals surface area contributed by atoms with Gasteiger partial charge in [-0.15, -0.1) is 0 Å². The Morgan fingerprint density at radius 3 is 2.85 bits per heavy atom. The third-order valence-electron chi connectivity index (χ3n) is 7.82. The van der Waals surface area contributed by atoms with E-state index in [1.165, 1.54) is 12.8 Å². The van der Waals surface area contributed by atoms with E-state index in [-0.39, 0.29) is 11.9 Å². The first-order chi connectivity index (χ1) is 16.5. The molecule has 1 aromatic carbocycles. The van der Waals surface area contributed by atoms with Gasteiger partial charge in [-0.25, -0.2) is 9.97 Å². The molecular formula is C26H28N6O2. The number of imidazole rings is 1. The summed E-state index contributed by atoms with van der Waals surface area (Å²) in [6.07, 6.45) is 4.38. The summed E-state index contributed by atoms with van der Waals surface area (Å²) < 4.78 is 10.2. The number of piperazine rings is 1. The molecule has 4 aromatic rings. The van der Waals surface area contributed by atoms with E-state index in [4.69, 9.17) is 9.72 Å². The Bertz CT molecular complexity index is 1470. The fraction of sp³-hybridized carbons (Fsp3) is 0.423. The van der Waals surface area contributed by atoms with Crippen LogP contribution < -0.4 is 10.1 Å². The Balaban J connectivity index is 1.36. The molecule has 8 nitrogen and oxygen atoms in total. The normalized spacial score (nSPS) is 23.6. The van der Waals surface area contributed by atoms with Crippen LogP contribution in [0.4, 0.5) is 0 Å². The number of benzene rings is 1. The van der Waals surface area contributed by atoms with E-state index in [1.807, 2.05) is 36.3 Å². The molecule has 2 aliphatic heterocycles. The van der Waals surface area contributed by atoms with Crippen LogP contribution in [0, 0.1) is 5.92 Å². The van der Waals surface area contributed by atoms with E-state index in [0.29, 0.717) is 29.3 Å². The van der Waals surface area contributed by atoms with Crippen molar-refractivity contribution >= 4 is 28.0 Å². The molecule has 5 heterocycles. The van der Waals surface area contributed by atoms with Gasteiger partial charge in [-0.2, -0.15) is 0 Å². The average molecular weight is 457 g/mol. The Kier molecular flexibility index (Phi) is 4.16. The highest BCUT2D eigenvalue weighted by Crippen LogP contribution is 2.38. The lowest BCUT2D eigenvalue weighted by atomic mass is 10.1. The van der Waals surface area contributed by atoms with Crippen molar-refractivity contribution in [3.8, 4) is 17.3 Å². The standard InChI is InChI=1S/C26H28N6O2/c1-14-22-19(28-22)13-31(14)26(33)17-9-18-23(21(11-17)34-3)30(2)25(29-18)20-10-16-5-4-8-27-24(16)32(20)12-15-6-7-15/h4-5,8-11,14-15,19,22,28H,6-7,12-13H2,1-3H3/t14?,19?,22-/m1/s1. The lowest BCUT2D eigenvalue weighted by Crippen LogP contribution is -2.40. The number of hydrogen-bond acceptors (Lipinski definition) is 5. The molecule has 3 fully saturated rings. The maximum atomic E-state index is 13.4. The summed E-state index contributed by atoms with van der Waals surface area (Å²) in [6, 6.07) is 11.1. The number of aryl methyl sites for hydroxylation is 1. The topological polar surface area (TPSA) is 87.1 Å². The van der Waals surface area contributed by atoms with Crippen LogP contribution in [-0.4, -0.2) is 61.7 Å². The molecule has 3 aromatic heterocycles. The summed E-state index contributed by atoms with van der Waals surface area (Å²) in [5, 5.41) is 4.54. The van der Waals surface area contributed by atoms with E-state index < -0.39 is 0 Å². The summed E-state index contributed by atoms with van der Waals surface area (Å²) in [7, 11) is 3.67. The lowest BCUT2D eigenvalue weighted by Gasteiger charge is -2.24. The van der Waals surface area contributed by atoms with Crippen molar-refractivity contribution in [1.29, 1.82) is 0 Å². The number of pyridine rings is 1. The molecule has 1 aliphatic carbocycles. The summed E-state index contributed by atoms with van der Waals surface area (Å²) in [6.45, 7) is 3.82. The van der Waals surface area contributed by atoms with Crippen molar-refractivity contribution < 1.29 is 9.53 Å². The van der Waals surface area contributed by atoms with Crippen LogP contribution in [0.2, 0.25) is 0 Å². The van der Waals surface area contributed by atoms with Crippen LogP contribution in [0.1, 0.15) is 30.1 Å². The Morgan fingerprint density at radius 2 is 2.12 bits per heavy atom. The number of hydrogen-bond donors (Lipinski definition) is 1. The number of carbonyl (C=O) groups excluding carboxylic acids is 1. The first-order valence-electron chi connectivity index (χ1n) is 12.1. The number of fused-ring (bicyclic) bond motifs is 3. The van der Waals surface area contributed by atoms with Gasteiger partial charge >= 0.3 is 0 Å². The van der Waals surface area contributed by atoms with Crippen molar-refractivity contribution in [2.45, 2.75) is 44.4 Å². The first kappa shape index (κ1) is 20.0. The number of nitrogens with one attached hydrogen (secondary N) is 1. The number of nitrogens with zero attached hydrogens (tertiary/aromatic N) is 5. The van der Waals surface area contributed by atoms with Crippen molar-refractivity contribution in [3.63, 3.8) is 0 Å². The third-order valence-corrected chi connectivity index (χ3v) is 7.82. The highest BCUT2D eigenvalue weighted by molar-refractivity contribution is 6.00. The van der Waals surface area contributed by atoms with Crippen molar-refractivity contribution in [2.75, 3.05) is 13.7 Å². The zero-order valence-electron chi connectivity index (χ0n) is 19.7. The van der Waals surface area contributed by atoms with E-state index in [1.54, 1.807) is 7.11 Å². The molecule has 3 atom stereocenters. The zero-order chi connectivity index (χ0) is 23.1. The van der Waals surface area contributed by atoms with Gasteiger partial charge in [-0.3, -0.25) is 4.79 Å². The van der Waals surface area contributed by atoms with Gasteiger partial charge in [0.15, 0.2) is 5.82 Å². The maximum Gasteiger partial charge on any atom is 0.254 e. The van der Waals surface area contributed by atoms with Gasteiger partial charge in [-0.1, -0.05) is 0 Å². The molecule has 3 aliphatic rings. The number of likely N-dealkylation sites (tertiary alicyclic amines) is 1. The first-order valence-corrected chi connectivity index (χ1v) is 12.1. The minimum absolute atomic E-state index is 0.0425. The Morgan fingerprint density at radius 1 is 1.26 bits per heavy atom. The molecule has 174 valence electrons. The number of carbonyl (C=O) groups is 1. The minimum atomic E-state index is 0.0425. The summed E-state index contributed by atoms with van der Waals surface area (Å²) in [5.74, 6) is 2.27. The van der Waals surface area contributed by atoms with E-state index in [9.17, 15) is 4.79 Å². The molecule has 34 heavy (non-hydrogen) atoms. The highest BCUT2D eigenvalue weighted by atomic mass is 16.5. The number of rotatable bonds is 5. The Hall–Kier alpha value is -3.39. The van der Waals surface area contributed by atoms with Crippen LogP contribution in [0.15, 0.2) is 36.5 Å². The van der Waals surface area contributed by atoms with Gasteiger partial charge < -0.3 is 24.1 Å². The summed E-state index contributed by atoms with van der Waals surface area (Å²) in [4.78, 5) is 25.1. The van der Waals surface area contributed by atoms with Crippen molar-refractivity contribution in [2.24, 2.45) is 13.0 Å². The predicted molar refractivity (Wildman–Crippen MR) is 130 cm³/mol. The molecule has 0 bridgehead atoms. The average Bonchev–Trinajstić information content (AvgIpc) is 3.74. The molecule has 2 saturated heterocycles. The minimum Gasteiger partial charge on any atom is -0.494 e. The SMILES string of the molecule is COc1cc(C(=O)N2CC3N[C@@H]3C2C)cc2nc(-c3cc4cccnc4n3CC3CC3)n(C)c12. The van der Waals surface area contributed by atoms with Crippen LogP contribution in [0.5, 0.6) is 5.75 Å². The Labute approximate surface area is 197 Å². The predicted octanol–water partition coefficient (Wildman–Crippen LogP) is 3.19. The summed E-state index contributed by atoms with van der Waals surface area (Å²) in [5.41, 5.74) is 4.33. The molecule has 2 unspecified atom stereocenters. The second-order valence-corrected chi connectivity index (χ2v) is 10.0. The van der Waals surface area contributed by atoms with E-state index >= 15 is 0 Å². The van der Waals surface area contributed by atoms with E-state index in [2.05, 4.69) is 38.5 Å². The van der Waals surface area contributed by atoms with Crippen LogP contribution in [0.25, 0.3) is 33.6 Å². The highest BCUT2D eigenvalue weighted by Gasteiger charge is 2.51. The second kappa shape index (κ2) is 7.06. The van der Waals surface area contributed by atoms with Gasteiger partial charge in [0.05, 0.1) is 18.3 Å². The molecule has 8 heteroatoms. The van der Waals surface area contributed by atoms with Gasteiger partial charge in [-0.05, 0) is 56.0 Å².